The van der Waals surface area contributed by atoms with E-state index in [-0.39, 0.29) is 11.3 Å². The molecule has 1 N–H and O–H groups in total. The van der Waals surface area contributed by atoms with Gasteiger partial charge in [0.1, 0.15) is 18.1 Å². The molecule has 1 amide bonds. The van der Waals surface area contributed by atoms with Crippen LogP contribution in [0.5, 0.6) is 17.2 Å². The lowest BCUT2D eigenvalue weighted by Gasteiger charge is -2.24. The fourth-order valence-corrected chi connectivity index (χ4v) is 6.79. The molecular weight excluding hydrogens is 600 g/mol. The molecule has 9 heteroatoms. The van der Waals surface area contributed by atoms with Crippen LogP contribution in [0, 0.1) is 13.8 Å². The Morgan fingerprint density at radius 3 is 2.50 bits per heavy atom. The zero-order chi connectivity index (χ0) is 32.4. The fourth-order valence-electron chi connectivity index (χ4n) is 5.62. The largest absolute Gasteiger partial charge is 0.507 e. The summed E-state index contributed by atoms with van der Waals surface area (Å²) in [6, 6.07) is 25.0. The second-order valence-electron chi connectivity index (χ2n) is 11.2. The molecule has 4 aromatic carbocycles. The average molecular weight is 635 g/mol. The Labute approximate surface area is 271 Å². The molecule has 1 aliphatic rings. The Bertz CT molecular complexity index is 1970. The number of ether oxygens (including phenoxy) is 3. The second-order valence-corrected chi connectivity index (χ2v) is 12.2. The van der Waals surface area contributed by atoms with Gasteiger partial charge in [-0.1, -0.05) is 72.9 Å². The molecule has 234 valence electrons. The van der Waals surface area contributed by atoms with Gasteiger partial charge >= 0.3 is 5.91 Å². The first kappa shape index (κ1) is 30.9. The number of rotatable bonds is 10. The first-order valence-electron chi connectivity index (χ1n) is 15.1. The highest BCUT2D eigenvalue weighted by Crippen LogP contribution is 2.46. The highest BCUT2D eigenvalue weighted by molar-refractivity contribution is 7.22. The van der Waals surface area contributed by atoms with E-state index in [0.29, 0.717) is 46.7 Å². The van der Waals surface area contributed by atoms with E-state index in [9.17, 15) is 14.7 Å². The van der Waals surface area contributed by atoms with Crippen LogP contribution in [0.25, 0.3) is 16.0 Å². The van der Waals surface area contributed by atoms with Crippen LogP contribution >= 0.6 is 11.3 Å². The van der Waals surface area contributed by atoms with Gasteiger partial charge in [-0.25, -0.2) is 4.98 Å². The number of anilines is 1. The number of aryl methyl sites for hydroxylation is 2. The van der Waals surface area contributed by atoms with Crippen molar-refractivity contribution in [3.05, 3.63) is 118 Å². The van der Waals surface area contributed by atoms with Crippen molar-refractivity contribution < 1.29 is 28.9 Å². The lowest BCUT2D eigenvalue weighted by molar-refractivity contribution is -0.132. The first-order valence-corrected chi connectivity index (χ1v) is 15.9. The van der Waals surface area contributed by atoms with Gasteiger partial charge < -0.3 is 19.3 Å². The summed E-state index contributed by atoms with van der Waals surface area (Å²) >= 11 is 1.33. The number of thiazole rings is 1. The predicted molar refractivity (Wildman–Crippen MR) is 180 cm³/mol. The quantitative estimate of drug-likeness (QED) is 0.0947. The Balaban J connectivity index is 1.48. The lowest BCUT2D eigenvalue weighted by Crippen LogP contribution is -2.29. The van der Waals surface area contributed by atoms with Crippen molar-refractivity contribution in [2.24, 2.45) is 0 Å². The summed E-state index contributed by atoms with van der Waals surface area (Å²) in [5.74, 6) is -0.414. The molecule has 1 unspecified atom stereocenters. The minimum atomic E-state index is -0.987. The van der Waals surface area contributed by atoms with Gasteiger partial charge in [0.2, 0.25) is 0 Å². The fraction of sp³-hybridized carbons (Fsp3) is 0.216. The summed E-state index contributed by atoms with van der Waals surface area (Å²) in [4.78, 5) is 33.9. The SMILES string of the molecule is CCCOc1cccc(/C(O)=C2\C(=O)C(=O)N(c3nc4c(C)cc(C)cc4s3)C2c2ccc(OCc3ccccc3)c(OC)c2)c1. The summed E-state index contributed by atoms with van der Waals surface area (Å²) in [5.41, 5.74) is 4.65. The molecule has 6 rings (SSSR count). The van der Waals surface area contributed by atoms with Gasteiger partial charge in [-0.15, -0.1) is 0 Å². The van der Waals surface area contributed by atoms with E-state index in [1.165, 1.54) is 23.3 Å². The number of ketones is 1. The number of benzene rings is 4. The monoisotopic (exact) mass is 634 g/mol. The van der Waals surface area contributed by atoms with Gasteiger partial charge in [0, 0.05) is 5.56 Å². The molecule has 1 aliphatic heterocycles. The number of fused-ring (bicyclic) bond motifs is 1. The summed E-state index contributed by atoms with van der Waals surface area (Å²) in [6.45, 7) is 6.81. The topological polar surface area (TPSA) is 98.2 Å². The third kappa shape index (κ3) is 5.93. The Morgan fingerprint density at radius 2 is 1.74 bits per heavy atom. The number of methoxy groups -OCH3 is 1. The maximum absolute atomic E-state index is 13.9. The second kappa shape index (κ2) is 13.1. The number of carbonyl (C=O) groups is 2. The van der Waals surface area contributed by atoms with Crippen molar-refractivity contribution in [2.75, 3.05) is 18.6 Å². The zero-order valence-electron chi connectivity index (χ0n) is 26.1. The predicted octanol–water partition coefficient (Wildman–Crippen LogP) is 7.92. The molecule has 0 spiro atoms. The van der Waals surface area contributed by atoms with Crippen LogP contribution < -0.4 is 19.1 Å². The molecule has 1 atom stereocenters. The van der Waals surface area contributed by atoms with Gasteiger partial charge in [-0.3, -0.25) is 14.5 Å². The van der Waals surface area contributed by atoms with Crippen LogP contribution in [0.4, 0.5) is 5.13 Å². The third-order valence-corrected chi connectivity index (χ3v) is 8.79. The molecule has 46 heavy (non-hydrogen) atoms. The molecule has 0 saturated carbocycles. The van der Waals surface area contributed by atoms with Crippen LogP contribution in [0.3, 0.4) is 0 Å². The number of amides is 1. The molecule has 0 radical (unpaired) electrons. The highest BCUT2D eigenvalue weighted by Gasteiger charge is 2.48. The van der Waals surface area contributed by atoms with E-state index < -0.39 is 17.7 Å². The molecule has 8 nitrogen and oxygen atoms in total. The van der Waals surface area contributed by atoms with Crippen molar-refractivity contribution in [3.63, 3.8) is 0 Å². The van der Waals surface area contributed by atoms with Crippen LogP contribution in [0.2, 0.25) is 0 Å². The Morgan fingerprint density at radius 1 is 0.935 bits per heavy atom. The number of hydrogen-bond donors (Lipinski definition) is 1. The maximum atomic E-state index is 13.9. The number of aromatic nitrogens is 1. The number of aliphatic hydroxyl groups is 1. The third-order valence-electron chi connectivity index (χ3n) is 7.79. The number of aliphatic hydroxyl groups excluding tert-OH is 1. The number of carbonyl (C=O) groups excluding carboxylic acids is 2. The van der Waals surface area contributed by atoms with Crippen LogP contribution in [0.1, 0.15) is 47.2 Å². The Hall–Kier alpha value is -5.15. The standard InChI is InChI=1S/C37H34N2O6S/c1-5-16-44-27-13-9-12-26(19-27)34(40)31-33(25-14-15-28(29(20-25)43-4)45-21-24-10-7-6-8-11-24)39(36(42)35(31)41)37-38-32-23(3)17-22(2)18-30(32)46-37/h6-15,17-20,33,40H,5,16,21H2,1-4H3/b34-31+. The summed E-state index contributed by atoms with van der Waals surface area (Å²) in [5, 5.41) is 12.1. The highest BCUT2D eigenvalue weighted by atomic mass is 32.1. The van der Waals surface area contributed by atoms with E-state index in [2.05, 4.69) is 0 Å². The Kier molecular flexibility index (Phi) is 8.76. The average Bonchev–Trinajstić information content (AvgIpc) is 3.61. The molecule has 1 saturated heterocycles. The summed E-state index contributed by atoms with van der Waals surface area (Å²) in [6.07, 6.45) is 0.815. The molecule has 1 fully saturated rings. The maximum Gasteiger partial charge on any atom is 0.301 e. The van der Waals surface area contributed by atoms with Crippen molar-refractivity contribution >= 4 is 44.1 Å². The minimum Gasteiger partial charge on any atom is -0.507 e. The van der Waals surface area contributed by atoms with E-state index in [1.807, 2.05) is 63.2 Å². The number of hydrogen-bond acceptors (Lipinski definition) is 8. The van der Waals surface area contributed by atoms with E-state index in [0.717, 1.165) is 33.3 Å². The van der Waals surface area contributed by atoms with E-state index in [1.54, 1.807) is 42.5 Å². The van der Waals surface area contributed by atoms with Gasteiger partial charge in [-0.05, 0) is 72.9 Å². The smallest absolute Gasteiger partial charge is 0.301 e. The van der Waals surface area contributed by atoms with Gasteiger partial charge in [-0.2, -0.15) is 0 Å². The lowest BCUT2D eigenvalue weighted by atomic mass is 9.95. The van der Waals surface area contributed by atoms with Crippen molar-refractivity contribution in [3.8, 4) is 17.2 Å². The van der Waals surface area contributed by atoms with Crippen LogP contribution in [-0.2, 0) is 16.2 Å². The van der Waals surface area contributed by atoms with Crippen molar-refractivity contribution in [1.29, 1.82) is 0 Å². The summed E-state index contributed by atoms with van der Waals surface area (Å²) < 4.78 is 18.5. The summed E-state index contributed by atoms with van der Waals surface area (Å²) in [7, 11) is 1.53. The van der Waals surface area contributed by atoms with Crippen molar-refractivity contribution in [1.82, 2.24) is 4.98 Å². The molecule has 2 heterocycles. The molecule has 5 aromatic rings. The van der Waals surface area contributed by atoms with Crippen LogP contribution in [0.15, 0.2) is 90.5 Å². The van der Waals surface area contributed by atoms with Gasteiger partial charge in [0.05, 0.1) is 35.5 Å². The van der Waals surface area contributed by atoms with Gasteiger partial charge in [0.25, 0.3) is 5.78 Å². The van der Waals surface area contributed by atoms with Crippen molar-refractivity contribution in [2.45, 2.75) is 39.8 Å². The normalized spacial score (nSPS) is 15.8. The van der Waals surface area contributed by atoms with E-state index in [4.69, 9.17) is 19.2 Å². The van der Waals surface area contributed by atoms with Gasteiger partial charge in [0.15, 0.2) is 16.6 Å². The van der Waals surface area contributed by atoms with Crippen LogP contribution in [-0.4, -0.2) is 35.5 Å². The number of Topliss-reactive ketones (excluding diaryl/α,β-unsaturated/α-hetero) is 1. The first-order chi connectivity index (χ1) is 22.3. The molecule has 0 aliphatic carbocycles. The zero-order valence-corrected chi connectivity index (χ0v) is 26.9. The minimum absolute atomic E-state index is 0.0511. The molecule has 1 aromatic heterocycles. The van der Waals surface area contributed by atoms with E-state index >= 15 is 0 Å². The number of nitrogens with zero attached hydrogens (tertiary/aromatic N) is 2. The molecule has 0 bridgehead atoms. The molecular formula is C37H34N2O6S.